The summed E-state index contributed by atoms with van der Waals surface area (Å²) < 4.78 is 28.0. The molecule has 0 atom stereocenters. The summed E-state index contributed by atoms with van der Waals surface area (Å²) in [7, 11) is -0.568. The van der Waals surface area contributed by atoms with Crippen molar-refractivity contribution in [1.82, 2.24) is 4.31 Å². The minimum atomic E-state index is -3.72. The van der Waals surface area contributed by atoms with E-state index < -0.39 is 10.0 Å². The number of carbonyl (C=O) groups is 2. The molecule has 0 saturated heterocycles. The number of nitrogens with zero attached hydrogens (tertiary/aromatic N) is 3. The van der Waals surface area contributed by atoms with Crippen LogP contribution >= 0.6 is 0 Å². The Morgan fingerprint density at radius 2 is 1.41 bits per heavy atom. The normalized spacial score (nSPS) is 15.7. The van der Waals surface area contributed by atoms with Gasteiger partial charge < -0.3 is 9.80 Å². The van der Waals surface area contributed by atoms with Crippen LogP contribution in [0.3, 0.4) is 0 Å². The second-order valence-electron chi connectivity index (χ2n) is 7.84. The molecule has 0 fully saturated rings. The predicted molar refractivity (Wildman–Crippen MR) is 106 cm³/mol. The molecule has 1 heterocycles. The molecule has 0 radical (unpaired) electrons. The van der Waals surface area contributed by atoms with Gasteiger partial charge in [0.25, 0.3) is 0 Å². The zero-order valence-corrected chi connectivity index (χ0v) is 17.7. The van der Waals surface area contributed by atoms with Crippen LogP contribution < -0.4 is 9.80 Å². The Balaban J connectivity index is 2.54. The summed E-state index contributed by atoms with van der Waals surface area (Å²) in [6.45, 7) is 8.76. The molecule has 0 aromatic heterocycles. The van der Waals surface area contributed by atoms with Crippen LogP contribution in [0.2, 0.25) is 0 Å². The number of benzene rings is 1. The monoisotopic (exact) mass is 395 g/mol. The van der Waals surface area contributed by atoms with Crippen molar-refractivity contribution in [2.24, 2.45) is 11.8 Å². The summed E-state index contributed by atoms with van der Waals surface area (Å²) in [4.78, 5) is 27.2. The van der Waals surface area contributed by atoms with Gasteiger partial charge in [0.15, 0.2) is 0 Å². The Labute approximate surface area is 162 Å². The summed E-state index contributed by atoms with van der Waals surface area (Å²) in [6.07, 6.45) is -0.239. The lowest BCUT2D eigenvalue weighted by atomic mass is 10.2. The first kappa shape index (κ1) is 21.4. The molecule has 0 saturated carbocycles. The molecule has 1 aliphatic heterocycles. The van der Waals surface area contributed by atoms with Gasteiger partial charge in [0.2, 0.25) is 21.8 Å². The third-order valence-corrected chi connectivity index (χ3v) is 6.32. The molecule has 1 aromatic rings. The number of carbonyl (C=O) groups excluding carboxylic acids is 2. The molecule has 1 aliphatic rings. The van der Waals surface area contributed by atoms with Crippen LogP contribution in [-0.2, 0) is 19.6 Å². The van der Waals surface area contributed by atoms with Crippen molar-refractivity contribution in [2.45, 2.75) is 39.0 Å². The second kappa shape index (κ2) is 7.98. The first-order chi connectivity index (χ1) is 12.4. The summed E-state index contributed by atoms with van der Waals surface area (Å²) in [5, 5.41) is 0. The number of rotatable bonds is 6. The second-order valence-corrected chi connectivity index (χ2v) is 9.78. The number of sulfonamides is 1. The SMILES string of the molecule is CC(C)CN(CC(C)C)S(=O)(=O)c1ccc2c(c1)N(C)C(=O)CC(=O)N2C. The van der Waals surface area contributed by atoms with Crippen LogP contribution in [0, 0.1) is 11.8 Å². The number of anilines is 2. The van der Waals surface area contributed by atoms with Gasteiger partial charge in [-0.1, -0.05) is 27.7 Å². The van der Waals surface area contributed by atoms with Gasteiger partial charge in [-0.3, -0.25) is 9.59 Å². The average Bonchev–Trinajstić information content (AvgIpc) is 2.64. The zero-order valence-electron chi connectivity index (χ0n) is 16.9. The lowest BCUT2D eigenvalue weighted by molar-refractivity contribution is -0.125. The molecule has 150 valence electrons. The highest BCUT2D eigenvalue weighted by Gasteiger charge is 2.31. The Morgan fingerprint density at radius 3 is 1.89 bits per heavy atom. The highest BCUT2D eigenvalue weighted by molar-refractivity contribution is 7.89. The maximum Gasteiger partial charge on any atom is 0.243 e. The highest BCUT2D eigenvalue weighted by Crippen LogP contribution is 2.34. The van der Waals surface area contributed by atoms with Crippen molar-refractivity contribution in [1.29, 1.82) is 0 Å². The van der Waals surface area contributed by atoms with Gasteiger partial charge in [0, 0.05) is 27.2 Å². The van der Waals surface area contributed by atoms with E-state index in [1.54, 1.807) is 20.2 Å². The Bertz CT molecular complexity index is 823. The number of amides is 2. The fraction of sp³-hybridized carbons (Fsp3) is 0.579. The lowest BCUT2D eigenvalue weighted by Crippen LogP contribution is -2.37. The van der Waals surface area contributed by atoms with E-state index in [2.05, 4.69) is 0 Å². The van der Waals surface area contributed by atoms with Gasteiger partial charge in [-0.2, -0.15) is 4.31 Å². The minimum absolute atomic E-state index is 0.130. The van der Waals surface area contributed by atoms with Crippen molar-refractivity contribution in [2.75, 3.05) is 37.0 Å². The van der Waals surface area contributed by atoms with Crippen molar-refractivity contribution in [3.63, 3.8) is 0 Å². The smallest absolute Gasteiger partial charge is 0.243 e. The molecular weight excluding hydrogens is 366 g/mol. The van der Waals surface area contributed by atoms with E-state index >= 15 is 0 Å². The van der Waals surface area contributed by atoms with Crippen LogP contribution in [0.5, 0.6) is 0 Å². The lowest BCUT2D eigenvalue weighted by Gasteiger charge is -2.27. The van der Waals surface area contributed by atoms with Crippen molar-refractivity contribution >= 4 is 33.2 Å². The summed E-state index contributed by atoms with van der Waals surface area (Å²) in [6, 6.07) is 4.60. The van der Waals surface area contributed by atoms with E-state index in [9.17, 15) is 18.0 Å². The average molecular weight is 396 g/mol. The van der Waals surface area contributed by atoms with E-state index in [-0.39, 0.29) is 35.0 Å². The number of fused-ring (bicyclic) bond motifs is 1. The maximum atomic E-state index is 13.3. The molecule has 0 aliphatic carbocycles. The topological polar surface area (TPSA) is 78.0 Å². The van der Waals surface area contributed by atoms with E-state index in [1.165, 1.54) is 26.2 Å². The molecule has 0 unspecified atom stereocenters. The predicted octanol–water partition coefficient (Wildman–Crippen LogP) is 2.32. The van der Waals surface area contributed by atoms with Crippen LogP contribution in [0.25, 0.3) is 0 Å². The Hall–Kier alpha value is -1.93. The summed E-state index contributed by atoms with van der Waals surface area (Å²) in [5.41, 5.74) is 0.940. The van der Waals surface area contributed by atoms with E-state index in [1.807, 2.05) is 27.7 Å². The summed E-state index contributed by atoms with van der Waals surface area (Å²) >= 11 is 0. The van der Waals surface area contributed by atoms with Crippen LogP contribution in [0.4, 0.5) is 11.4 Å². The van der Waals surface area contributed by atoms with Crippen molar-refractivity contribution in [3.8, 4) is 0 Å². The first-order valence-corrected chi connectivity index (χ1v) is 10.6. The molecular formula is C19H29N3O4S. The van der Waals surface area contributed by atoms with E-state index in [0.29, 0.717) is 24.5 Å². The third kappa shape index (κ3) is 4.50. The molecule has 1 aromatic carbocycles. The van der Waals surface area contributed by atoms with Gasteiger partial charge in [-0.25, -0.2) is 8.42 Å². The van der Waals surface area contributed by atoms with Gasteiger partial charge in [0.1, 0.15) is 6.42 Å². The molecule has 0 N–H and O–H groups in total. The fourth-order valence-corrected chi connectivity index (χ4v) is 4.87. The van der Waals surface area contributed by atoms with Crippen molar-refractivity contribution in [3.05, 3.63) is 18.2 Å². The zero-order chi connectivity index (χ0) is 20.5. The standard InChI is InChI=1S/C19H29N3O4S/c1-13(2)11-22(12-14(3)4)27(25,26)15-7-8-16-17(9-15)21(6)19(24)10-18(23)20(16)5/h7-9,13-14H,10-12H2,1-6H3. The fourth-order valence-electron chi connectivity index (χ4n) is 3.09. The molecule has 27 heavy (non-hydrogen) atoms. The van der Waals surface area contributed by atoms with Gasteiger partial charge in [-0.15, -0.1) is 0 Å². The number of hydrogen-bond acceptors (Lipinski definition) is 4. The van der Waals surface area contributed by atoms with Crippen LogP contribution in [0.15, 0.2) is 23.1 Å². The molecule has 7 nitrogen and oxygen atoms in total. The first-order valence-electron chi connectivity index (χ1n) is 9.12. The summed E-state index contributed by atoms with van der Waals surface area (Å²) in [5.74, 6) is -0.302. The number of hydrogen-bond donors (Lipinski definition) is 0. The molecule has 2 rings (SSSR count). The van der Waals surface area contributed by atoms with E-state index in [0.717, 1.165) is 0 Å². The molecule has 0 spiro atoms. The Kier molecular flexibility index (Phi) is 6.32. The maximum absolute atomic E-state index is 13.3. The highest BCUT2D eigenvalue weighted by atomic mass is 32.2. The minimum Gasteiger partial charge on any atom is -0.313 e. The van der Waals surface area contributed by atoms with Gasteiger partial charge in [0.05, 0.1) is 16.3 Å². The van der Waals surface area contributed by atoms with Crippen LogP contribution in [0.1, 0.15) is 34.1 Å². The Morgan fingerprint density at radius 1 is 0.926 bits per heavy atom. The van der Waals surface area contributed by atoms with E-state index in [4.69, 9.17) is 0 Å². The van der Waals surface area contributed by atoms with Crippen LogP contribution in [-0.4, -0.2) is 51.7 Å². The quantitative estimate of drug-likeness (QED) is 0.693. The van der Waals surface area contributed by atoms with Gasteiger partial charge in [-0.05, 0) is 30.0 Å². The molecule has 8 heteroatoms. The van der Waals surface area contributed by atoms with Crippen molar-refractivity contribution < 1.29 is 18.0 Å². The molecule has 2 amide bonds. The largest absolute Gasteiger partial charge is 0.313 e. The third-order valence-electron chi connectivity index (χ3n) is 4.50. The van der Waals surface area contributed by atoms with Gasteiger partial charge >= 0.3 is 0 Å². The molecule has 0 bridgehead atoms.